The lowest BCUT2D eigenvalue weighted by Crippen LogP contribution is -2.16. The summed E-state index contributed by atoms with van der Waals surface area (Å²) >= 11 is 0. The minimum atomic E-state index is -4.01. The number of hydrogen-bond donors (Lipinski definition) is 2. The lowest BCUT2D eigenvalue weighted by molar-refractivity contribution is 0.398. The summed E-state index contributed by atoms with van der Waals surface area (Å²) in [6.07, 6.45) is 2.65. The van der Waals surface area contributed by atoms with Gasteiger partial charge in [0.2, 0.25) is 5.82 Å². The van der Waals surface area contributed by atoms with E-state index in [4.69, 9.17) is 4.74 Å². The normalized spacial score (nSPS) is 11.7. The summed E-state index contributed by atoms with van der Waals surface area (Å²) in [6.45, 7) is 0. The number of halogens is 1. The van der Waals surface area contributed by atoms with E-state index >= 15 is 0 Å². The summed E-state index contributed by atoms with van der Waals surface area (Å²) in [4.78, 5) is 7.46. The molecule has 12 heteroatoms. The van der Waals surface area contributed by atoms with E-state index in [2.05, 4.69) is 19.4 Å². The zero-order valence-corrected chi connectivity index (χ0v) is 16.5. The number of sulfonamides is 2. The van der Waals surface area contributed by atoms with Gasteiger partial charge in [0.05, 0.1) is 16.9 Å². The number of hydrogen-bond acceptors (Lipinski definition) is 7. The van der Waals surface area contributed by atoms with E-state index in [9.17, 15) is 21.2 Å². The van der Waals surface area contributed by atoms with E-state index < -0.39 is 25.9 Å². The number of anilines is 2. The number of methoxy groups -OCH3 is 1. The number of aromatic nitrogens is 2. The number of nitrogens with one attached hydrogen (secondary N) is 2. The predicted octanol–water partition coefficient (Wildman–Crippen LogP) is 2.23. The Bertz CT molecular complexity index is 1220. The average molecular weight is 438 g/mol. The topological polar surface area (TPSA) is 127 Å². The summed E-state index contributed by atoms with van der Waals surface area (Å²) in [6, 6.07) is 9.28. The molecule has 0 aliphatic rings. The zero-order valence-electron chi connectivity index (χ0n) is 14.9. The van der Waals surface area contributed by atoms with Gasteiger partial charge >= 0.3 is 0 Å². The monoisotopic (exact) mass is 438 g/mol. The average Bonchev–Trinajstić information content (AvgIpc) is 2.68. The summed E-state index contributed by atoms with van der Waals surface area (Å²) < 4.78 is 72.1. The number of benzene rings is 2. The third-order valence-corrected chi connectivity index (χ3v) is 6.38. The van der Waals surface area contributed by atoms with Gasteiger partial charge in [0.25, 0.3) is 25.9 Å². The molecule has 0 aliphatic heterocycles. The lowest BCUT2D eigenvalue weighted by Gasteiger charge is -2.11. The van der Waals surface area contributed by atoms with Crippen molar-refractivity contribution in [3.05, 3.63) is 66.7 Å². The van der Waals surface area contributed by atoms with E-state index in [0.29, 0.717) is 0 Å². The molecule has 29 heavy (non-hydrogen) atoms. The van der Waals surface area contributed by atoms with Crippen molar-refractivity contribution in [1.29, 1.82) is 0 Å². The van der Waals surface area contributed by atoms with Crippen molar-refractivity contribution >= 4 is 31.6 Å². The number of nitrogens with zero attached hydrogens (tertiary/aromatic N) is 2. The van der Waals surface area contributed by atoms with Gasteiger partial charge in [-0.15, -0.1) is 0 Å². The molecule has 1 heterocycles. The van der Waals surface area contributed by atoms with Crippen LogP contribution in [0.2, 0.25) is 0 Å². The zero-order chi connectivity index (χ0) is 21.1. The Kier molecular flexibility index (Phi) is 5.66. The SMILES string of the molecule is COc1nccnc1NS(=O)(=O)c1ccc(NS(=O)(=O)c2ccc(F)cc2)cc1. The molecule has 3 rings (SSSR count). The van der Waals surface area contributed by atoms with Crippen molar-refractivity contribution in [2.45, 2.75) is 9.79 Å². The van der Waals surface area contributed by atoms with Gasteiger partial charge in [-0.25, -0.2) is 31.2 Å². The standard InChI is InChI=1S/C17H15FN4O5S2/c1-27-17-16(19-10-11-20-17)22-29(25,26)15-8-4-13(5-9-15)21-28(23,24)14-6-2-12(18)3-7-14/h2-11,21H,1H3,(H,19,22). The van der Waals surface area contributed by atoms with E-state index in [0.717, 1.165) is 24.3 Å². The quantitative estimate of drug-likeness (QED) is 0.579. The molecule has 2 N–H and O–H groups in total. The second-order valence-electron chi connectivity index (χ2n) is 5.60. The van der Waals surface area contributed by atoms with Crippen molar-refractivity contribution in [2.75, 3.05) is 16.6 Å². The Morgan fingerprint density at radius 1 is 0.793 bits per heavy atom. The van der Waals surface area contributed by atoms with E-state index in [1.165, 1.54) is 43.8 Å². The molecule has 1 aromatic heterocycles. The van der Waals surface area contributed by atoms with Crippen LogP contribution in [-0.2, 0) is 20.0 Å². The molecule has 0 saturated carbocycles. The highest BCUT2D eigenvalue weighted by Gasteiger charge is 2.19. The minimum absolute atomic E-state index is 0.000229. The summed E-state index contributed by atoms with van der Waals surface area (Å²) in [5.74, 6) is -0.651. The first kappa shape index (κ1) is 20.5. The van der Waals surface area contributed by atoms with Gasteiger partial charge in [-0.1, -0.05) is 0 Å². The summed E-state index contributed by atoms with van der Waals surface area (Å²) in [5, 5.41) is 0. The molecule has 0 amide bonds. The Morgan fingerprint density at radius 3 is 1.90 bits per heavy atom. The predicted molar refractivity (Wildman–Crippen MR) is 103 cm³/mol. The fourth-order valence-electron chi connectivity index (χ4n) is 2.26. The summed E-state index contributed by atoms with van der Waals surface area (Å²) in [5.41, 5.74) is 0.130. The molecular weight excluding hydrogens is 423 g/mol. The number of ether oxygens (including phenoxy) is 1. The Hall–Kier alpha value is -3.25. The smallest absolute Gasteiger partial charge is 0.263 e. The van der Waals surface area contributed by atoms with Crippen LogP contribution < -0.4 is 14.2 Å². The minimum Gasteiger partial charge on any atom is -0.478 e. The molecule has 2 aromatic carbocycles. The molecular formula is C17H15FN4O5S2. The highest BCUT2D eigenvalue weighted by Crippen LogP contribution is 2.23. The Balaban J connectivity index is 1.79. The molecule has 0 aliphatic carbocycles. The van der Waals surface area contributed by atoms with Gasteiger partial charge in [0, 0.05) is 18.1 Å². The van der Waals surface area contributed by atoms with Crippen LogP contribution in [0.15, 0.2) is 70.7 Å². The highest BCUT2D eigenvalue weighted by molar-refractivity contribution is 7.93. The van der Waals surface area contributed by atoms with Crippen molar-refractivity contribution in [2.24, 2.45) is 0 Å². The number of rotatable bonds is 7. The molecule has 0 atom stereocenters. The molecule has 3 aromatic rings. The molecule has 9 nitrogen and oxygen atoms in total. The third-order valence-electron chi connectivity index (χ3n) is 3.63. The molecule has 0 radical (unpaired) electrons. The molecule has 0 fully saturated rings. The van der Waals surface area contributed by atoms with Crippen molar-refractivity contribution in [3.8, 4) is 5.88 Å². The summed E-state index contributed by atoms with van der Waals surface area (Å²) in [7, 11) is -6.64. The molecule has 0 bridgehead atoms. The fraction of sp³-hybridized carbons (Fsp3) is 0.0588. The van der Waals surface area contributed by atoms with Gasteiger partial charge in [-0.05, 0) is 48.5 Å². The maximum atomic E-state index is 13.0. The van der Waals surface area contributed by atoms with Crippen LogP contribution in [0.3, 0.4) is 0 Å². The van der Waals surface area contributed by atoms with E-state index in [1.54, 1.807) is 0 Å². The van der Waals surface area contributed by atoms with Crippen molar-refractivity contribution in [3.63, 3.8) is 0 Å². The van der Waals surface area contributed by atoms with Crippen LogP contribution in [0, 0.1) is 5.82 Å². The van der Waals surface area contributed by atoms with Crippen molar-refractivity contribution < 1.29 is 26.0 Å². The van der Waals surface area contributed by atoms with Crippen LogP contribution >= 0.6 is 0 Å². The van der Waals surface area contributed by atoms with Crippen LogP contribution in [0.1, 0.15) is 0 Å². The Labute approximate surface area is 166 Å². The largest absolute Gasteiger partial charge is 0.478 e. The second-order valence-corrected chi connectivity index (χ2v) is 8.97. The van der Waals surface area contributed by atoms with Crippen LogP contribution in [0.5, 0.6) is 5.88 Å². The van der Waals surface area contributed by atoms with Gasteiger partial charge in [-0.3, -0.25) is 9.44 Å². The lowest BCUT2D eigenvalue weighted by atomic mass is 10.3. The third kappa shape index (κ3) is 4.78. The van der Waals surface area contributed by atoms with Crippen LogP contribution in [-0.4, -0.2) is 33.9 Å². The van der Waals surface area contributed by atoms with Gasteiger partial charge in [-0.2, -0.15) is 0 Å². The van der Waals surface area contributed by atoms with Crippen LogP contribution in [0.25, 0.3) is 0 Å². The highest BCUT2D eigenvalue weighted by atomic mass is 32.2. The van der Waals surface area contributed by atoms with E-state index in [1.807, 2.05) is 0 Å². The first-order valence-electron chi connectivity index (χ1n) is 7.97. The molecule has 0 saturated heterocycles. The Morgan fingerprint density at radius 2 is 1.31 bits per heavy atom. The van der Waals surface area contributed by atoms with Gasteiger partial charge in [0.15, 0.2) is 0 Å². The maximum Gasteiger partial charge on any atom is 0.263 e. The van der Waals surface area contributed by atoms with Crippen LogP contribution in [0.4, 0.5) is 15.9 Å². The first-order valence-corrected chi connectivity index (χ1v) is 10.9. The van der Waals surface area contributed by atoms with Gasteiger partial charge < -0.3 is 4.74 Å². The van der Waals surface area contributed by atoms with E-state index in [-0.39, 0.29) is 27.2 Å². The fourth-order valence-corrected chi connectivity index (χ4v) is 4.33. The molecule has 0 spiro atoms. The second kappa shape index (κ2) is 8.01. The molecule has 0 unspecified atom stereocenters. The maximum absolute atomic E-state index is 13.0. The van der Waals surface area contributed by atoms with Gasteiger partial charge in [0.1, 0.15) is 5.82 Å². The molecule has 152 valence electrons. The first-order chi connectivity index (χ1) is 13.7. The van der Waals surface area contributed by atoms with Crippen molar-refractivity contribution in [1.82, 2.24) is 9.97 Å².